The highest BCUT2D eigenvalue weighted by Crippen LogP contribution is 2.24. The molecule has 1 unspecified atom stereocenters. The van der Waals surface area contributed by atoms with Crippen LogP contribution >= 0.6 is 23.2 Å². The van der Waals surface area contributed by atoms with E-state index in [0.717, 1.165) is 19.5 Å². The molecule has 1 aromatic carbocycles. The van der Waals surface area contributed by atoms with Gasteiger partial charge < -0.3 is 4.90 Å². The number of amides is 1. The van der Waals surface area contributed by atoms with Crippen molar-refractivity contribution >= 4 is 29.1 Å². The van der Waals surface area contributed by atoms with Gasteiger partial charge in [0, 0.05) is 18.1 Å². The number of benzene rings is 1. The zero-order valence-electron chi connectivity index (χ0n) is 9.04. The van der Waals surface area contributed by atoms with Crippen LogP contribution in [0.2, 0.25) is 10.0 Å². The van der Waals surface area contributed by atoms with Gasteiger partial charge in [-0.3, -0.25) is 4.79 Å². The van der Waals surface area contributed by atoms with E-state index < -0.39 is 0 Å². The van der Waals surface area contributed by atoms with Crippen LogP contribution in [0.3, 0.4) is 0 Å². The molecule has 0 aliphatic carbocycles. The van der Waals surface area contributed by atoms with Gasteiger partial charge in [-0.15, -0.1) is 0 Å². The Labute approximate surface area is 105 Å². The monoisotopic (exact) mass is 257 g/mol. The minimum absolute atomic E-state index is 0.00557. The highest BCUT2D eigenvalue weighted by molar-refractivity contribution is 6.36. The zero-order chi connectivity index (χ0) is 11.7. The largest absolute Gasteiger partial charge is 0.338 e. The molecule has 1 aliphatic rings. The summed E-state index contributed by atoms with van der Waals surface area (Å²) in [5, 5.41) is 0.980. The molecule has 2 rings (SSSR count). The van der Waals surface area contributed by atoms with Crippen LogP contribution in [0, 0.1) is 5.92 Å². The Morgan fingerprint density at radius 3 is 2.75 bits per heavy atom. The zero-order valence-corrected chi connectivity index (χ0v) is 10.6. The second-order valence-electron chi connectivity index (χ2n) is 4.27. The molecule has 1 saturated heterocycles. The van der Waals surface area contributed by atoms with E-state index in [2.05, 4.69) is 6.92 Å². The molecule has 4 heteroatoms. The maximum atomic E-state index is 12.1. The van der Waals surface area contributed by atoms with E-state index in [1.807, 2.05) is 4.90 Å². The summed E-state index contributed by atoms with van der Waals surface area (Å²) in [7, 11) is 0. The average Bonchev–Trinajstić information content (AvgIpc) is 2.64. The third kappa shape index (κ3) is 2.33. The molecule has 0 radical (unpaired) electrons. The van der Waals surface area contributed by atoms with Gasteiger partial charge in [0.1, 0.15) is 0 Å². The first kappa shape index (κ1) is 11.7. The molecule has 1 heterocycles. The molecule has 1 amide bonds. The fourth-order valence-corrected chi connectivity index (χ4v) is 2.44. The summed E-state index contributed by atoms with van der Waals surface area (Å²) in [6.45, 7) is 3.79. The van der Waals surface area contributed by atoms with Gasteiger partial charge in [-0.25, -0.2) is 0 Å². The summed E-state index contributed by atoms with van der Waals surface area (Å²) in [5.41, 5.74) is 0.542. The number of halogens is 2. The Kier molecular flexibility index (Phi) is 3.41. The van der Waals surface area contributed by atoms with Gasteiger partial charge in [-0.2, -0.15) is 0 Å². The molecule has 1 aliphatic heterocycles. The van der Waals surface area contributed by atoms with E-state index in [1.165, 1.54) is 0 Å². The van der Waals surface area contributed by atoms with Crippen molar-refractivity contribution in [2.45, 2.75) is 13.3 Å². The summed E-state index contributed by atoms with van der Waals surface area (Å²) in [6, 6.07) is 4.99. The highest BCUT2D eigenvalue weighted by atomic mass is 35.5. The third-order valence-corrected chi connectivity index (χ3v) is 3.42. The Balaban J connectivity index is 2.21. The minimum atomic E-state index is 0.00557. The van der Waals surface area contributed by atoms with Gasteiger partial charge >= 0.3 is 0 Å². The molecular weight excluding hydrogens is 245 g/mol. The van der Waals surface area contributed by atoms with Crippen molar-refractivity contribution in [3.63, 3.8) is 0 Å². The molecule has 16 heavy (non-hydrogen) atoms. The Morgan fingerprint density at radius 1 is 1.44 bits per heavy atom. The van der Waals surface area contributed by atoms with Crippen LogP contribution in [0.15, 0.2) is 18.2 Å². The SMILES string of the molecule is CC1CCN(C(=O)c2ccc(Cl)cc2Cl)C1. The van der Waals surface area contributed by atoms with Crippen LogP contribution in [0.25, 0.3) is 0 Å². The Morgan fingerprint density at radius 2 is 2.19 bits per heavy atom. The van der Waals surface area contributed by atoms with Gasteiger partial charge in [0.15, 0.2) is 0 Å². The molecule has 0 N–H and O–H groups in total. The van der Waals surface area contributed by atoms with Gasteiger partial charge in [0.2, 0.25) is 0 Å². The molecular formula is C12H13Cl2NO. The van der Waals surface area contributed by atoms with Crippen molar-refractivity contribution in [1.29, 1.82) is 0 Å². The number of carbonyl (C=O) groups excluding carboxylic acids is 1. The van der Waals surface area contributed by atoms with E-state index in [4.69, 9.17) is 23.2 Å². The second-order valence-corrected chi connectivity index (χ2v) is 5.11. The number of hydrogen-bond donors (Lipinski definition) is 0. The number of nitrogens with zero attached hydrogens (tertiary/aromatic N) is 1. The van der Waals surface area contributed by atoms with Crippen LogP contribution in [0.4, 0.5) is 0 Å². The van der Waals surface area contributed by atoms with E-state index in [0.29, 0.717) is 21.5 Å². The molecule has 1 atom stereocenters. The van der Waals surface area contributed by atoms with Crippen LogP contribution in [-0.4, -0.2) is 23.9 Å². The number of likely N-dealkylation sites (tertiary alicyclic amines) is 1. The molecule has 86 valence electrons. The van der Waals surface area contributed by atoms with Gasteiger partial charge in [0.05, 0.1) is 10.6 Å². The maximum absolute atomic E-state index is 12.1. The molecule has 0 spiro atoms. The van der Waals surface area contributed by atoms with Crippen molar-refractivity contribution in [3.05, 3.63) is 33.8 Å². The number of carbonyl (C=O) groups is 1. The highest BCUT2D eigenvalue weighted by Gasteiger charge is 2.25. The van der Waals surface area contributed by atoms with Crippen LogP contribution < -0.4 is 0 Å². The molecule has 2 nitrogen and oxygen atoms in total. The van der Waals surface area contributed by atoms with E-state index in [9.17, 15) is 4.79 Å². The van der Waals surface area contributed by atoms with E-state index in [1.54, 1.807) is 18.2 Å². The lowest BCUT2D eigenvalue weighted by atomic mass is 10.2. The standard InChI is InChI=1S/C12H13Cl2NO/c1-8-4-5-15(7-8)12(16)10-3-2-9(13)6-11(10)14/h2-3,6,8H,4-5,7H2,1H3. The van der Waals surface area contributed by atoms with Crippen LogP contribution in [-0.2, 0) is 0 Å². The summed E-state index contributed by atoms with van der Waals surface area (Å²) >= 11 is 11.8. The van der Waals surface area contributed by atoms with Crippen LogP contribution in [0.5, 0.6) is 0 Å². The lowest BCUT2D eigenvalue weighted by Gasteiger charge is -2.16. The predicted octanol–water partition coefficient (Wildman–Crippen LogP) is 3.48. The van der Waals surface area contributed by atoms with E-state index in [-0.39, 0.29) is 5.91 Å². The summed E-state index contributed by atoms with van der Waals surface area (Å²) in [5.74, 6) is 0.584. The second kappa shape index (κ2) is 4.64. The van der Waals surface area contributed by atoms with Crippen molar-refractivity contribution in [3.8, 4) is 0 Å². The predicted molar refractivity (Wildman–Crippen MR) is 66.1 cm³/mol. The molecule has 0 bridgehead atoms. The smallest absolute Gasteiger partial charge is 0.255 e. The number of hydrogen-bond acceptors (Lipinski definition) is 1. The quantitative estimate of drug-likeness (QED) is 0.755. The lowest BCUT2D eigenvalue weighted by Crippen LogP contribution is -2.28. The maximum Gasteiger partial charge on any atom is 0.255 e. The van der Waals surface area contributed by atoms with Crippen molar-refractivity contribution in [2.75, 3.05) is 13.1 Å². The Bertz CT molecular complexity index is 419. The third-order valence-electron chi connectivity index (χ3n) is 2.87. The lowest BCUT2D eigenvalue weighted by molar-refractivity contribution is 0.0788. The topological polar surface area (TPSA) is 20.3 Å². The van der Waals surface area contributed by atoms with Gasteiger partial charge in [-0.05, 0) is 30.5 Å². The van der Waals surface area contributed by atoms with Gasteiger partial charge in [-0.1, -0.05) is 30.1 Å². The molecule has 0 aromatic heterocycles. The first-order valence-corrected chi connectivity index (χ1v) is 6.08. The van der Waals surface area contributed by atoms with Crippen molar-refractivity contribution in [1.82, 2.24) is 4.90 Å². The molecule has 0 saturated carbocycles. The Hall–Kier alpha value is -0.730. The fraction of sp³-hybridized carbons (Fsp3) is 0.417. The normalized spacial score (nSPS) is 20.2. The average molecular weight is 258 g/mol. The number of rotatable bonds is 1. The van der Waals surface area contributed by atoms with Gasteiger partial charge in [0.25, 0.3) is 5.91 Å². The fourth-order valence-electron chi connectivity index (χ4n) is 1.95. The summed E-state index contributed by atoms with van der Waals surface area (Å²) in [4.78, 5) is 14.0. The molecule has 1 fully saturated rings. The first-order valence-electron chi connectivity index (χ1n) is 5.32. The van der Waals surface area contributed by atoms with E-state index >= 15 is 0 Å². The van der Waals surface area contributed by atoms with Crippen molar-refractivity contribution in [2.24, 2.45) is 5.92 Å². The van der Waals surface area contributed by atoms with Crippen molar-refractivity contribution < 1.29 is 4.79 Å². The summed E-state index contributed by atoms with van der Waals surface area (Å²) in [6.07, 6.45) is 1.07. The first-order chi connectivity index (χ1) is 7.58. The summed E-state index contributed by atoms with van der Waals surface area (Å²) < 4.78 is 0. The minimum Gasteiger partial charge on any atom is -0.338 e. The van der Waals surface area contributed by atoms with Crippen LogP contribution in [0.1, 0.15) is 23.7 Å². The molecule has 1 aromatic rings.